The molecule has 4 fully saturated rings. The molecule has 1 spiro atoms. The van der Waals surface area contributed by atoms with Gasteiger partial charge in [0.15, 0.2) is 0 Å². The van der Waals surface area contributed by atoms with Crippen LogP contribution in [0.3, 0.4) is 0 Å². The van der Waals surface area contributed by atoms with Gasteiger partial charge in [-0.2, -0.15) is 0 Å². The number of halogens is 1. The van der Waals surface area contributed by atoms with Crippen LogP contribution in [0.15, 0.2) is 96.2 Å². The van der Waals surface area contributed by atoms with Crippen molar-refractivity contribution in [2.75, 3.05) is 49.6 Å². The van der Waals surface area contributed by atoms with Gasteiger partial charge in [-0.3, -0.25) is 24.8 Å². The first-order valence-electron chi connectivity index (χ1n) is 19.5. The van der Waals surface area contributed by atoms with Gasteiger partial charge in [0, 0.05) is 74.6 Å². The Hall–Kier alpha value is -4.56. The number of benzene rings is 3. The average molecular weight is 801 g/mol. The normalized spacial score (nSPS) is 20.2. The maximum Gasteiger partial charge on any atom is 0.293 e. The molecule has 3 saturated heterocycles. The molecule has 3 aliphatic heterocycles. The number of nitrogens with one attached hydrogen (secondary N) is 2. The summed E-state index contributed by atoms with van der Waals surface area (Å²) in [5, 5.41) is 14.9. The Morgan fingerprint density at radius 1 is 0.929 bits per heavy atom. The lowest BCUT2D eigenvalue weighted by molar-refractivity contribution is -0.384. The maximum atomic E-state index is 13.2. The van der Waals surface area contributed by atoms with Crippen LogP contribution >= 0.6 is 12.4 Å². The van der Waals surface area contributed by atoms with Crippen LogP contribution in [-0.2, 0) is 14.8 Å². The van der Waals surface area contributed by atoms with Crippen LogP contribution in [0.5, 0.6) is 0 Å². The van der Waals surface area contributed by atoms with Crippen molar-refractivity contribution in [1.82, 2.24) is 14.6 Å². The molecule has 1 saturated carbocycles. The Balaban J connectivity index is 0.00000480. The minimum Gasteiger partial charge on any atom is -0.381 e. The van der Waals surface area contributed by atoms with Crippen molar-refractivity contribution in [1.29, 1.82) is 0 Å². The SMILES string of the molecule is Cl.O=C(NS(=O)(=O)c1ccc(NCC2CCOCC2)c([N+](=O)[O-])c1)c1ccc(N2CCC3(CC2)CC(N2CCC[C@H]2c2ccccc2-c2ccncc2)C3)cc1. The van der Waals surface area contributed by atoms with Gasteiger partial charge in [-0.25, -0.2) is 13.1 Å². The lowest BCUT2D eigenvalue weighted by Gasteiger charge is -2.56. The highest BCUT2D eigenvalue weighted by molar-refractivity contribution is 7.90. The molecule has 4 aromatic rings. The number of aromatic nitrogens is 1. The van der Waals surface area contributed by atoms with E-state index in [1.54, 1.807) is 12.1 Å². The zero-order valence-electron chi connectivity index (χ0n) is 31.3. The van der Waals surface area contributed by atoms with Gasteiger partial charge in [-0.1, -0.05) is 24.3 Å². The van der Waals surface area contributed by atoms with Gasteiger partial charge >= 0.3 is 0 Å². The zero-order valence-corrected chi connectivity index (χ0v) is 33.0. The van der Waals surface area contributed by atoms with Crippen LogP contribution in [0.4, 0.5) is 17.1 Å². The van der Waals surface area contributed by atoms with E-state index in [1.807, 2.05) is 24.5 Å². The number of piperidine rings is 1. The molecule has 0 radical (unpaired) electrons. The highest BCUT2D eigenvalue weighted by atomic mass is 35.5. The first-order chi connectivity index (χ1) is 26.7. The van der Waals surface area contributed by atoms with E-state index in [4.69, 9.17) is 4.74 Å². The Kier molecular flexibility index (Phi) is 12.0. The summed E-state index contributed by atoms with van der Waals surface area (Å²) in [6.45, 7) is 4.83. The number of rotatable bonds is 11. The van der Waals surface area contributed by atoms with Crippen molar-refractivity contribution in [3.63, 3.8) is 0 Å². The molecule has 1 aromatic heterocycles. The topological polar surface area (TPSA) is 147 Å². The van der Waals surface area contributed by atoms with E-state index in [-0.39, 0.29) is 34.2 Å². The molecular formula is C42H49ClN6O6S. The molecule has 2 N–H and O–H groups in total. The second kappa shape index (κ2) is 16.9. The molecule has 3 aromatic carbocycles. The molecule has 1 amide bonds. The summed E-state index contributed by atoms with van der Waals surface area (Å²) in [6, 6.07) is 24.7. The quantitative estimate of drug-likeness (QED) is 0.115. The van der Waals surface area contributed by atoms with Crippen molar-refractivity contribution in [2.24, 2.45) is 11.3 Å². The van der Waals surface area contributed by atoms with Crippen LogP contribution in [0.25, 0.3) is 11.1 Å². The Morgan fingerprint density at radius 2 is 1.64 bits per heavy atom. The van der Waals surface area contributed by atoms with Crippen LogP contribution in [0, 0.1) is 21.4 Å². The third-order valence-corrected chi connectivity index (χ3v) is 13.7. The summed E-state index contributed by atoms with van der Waals surface area (Å²) in [5.41, 5.74) is 5.37. The number of hydrogen-bond donors (Lipinski definition) is 2. The summed E-state index contributed by atoms with van der Waals surface area (Å²) in [5.74, 6) is -0.482. The molecular weight excluding hydrogens is 752 g/mol. The second-order valence-electron chi connectivity index (χ2n) is 15.6. The number of hydrogen-bond acceptors (Lipinski definition) is 10. The second-order valence-corrected chi connectivity index (χ2v) is 17.3. The van der Waals surface area contributed by atoms with Gasteiger partial charge in [0.1, 0.15) is 5.69 Å². The molecule has 296 valence electrons. The van der Waals surface area contributed by atoms with Crippen molar-refractivity contribution >= 4 is 45.4 Å². The smallest absolute Gasteiger partial charge is 0.293 e. The Morgan fingerprint density at radius 3 is 2.36 bits per heavy atom. The molecule has 4 aliphatic rings. The number of amides is 1. The molecule has 0 unspecified atom stereocenters. The number of pyridine rings is 1. The first-order valence-corrected chi connectivity index (χ1v) is 20.9. The van der Waals surface area contributed by atoms with E-state index >= 15 is 0 Å². The van der Waals surface area contributed by atoms with E-state index < -0.39 is 20.9 Å². The molecule has 14 heteroatoms. The first kappa shape index (κ1) is 39.7. The standard InChI is InChI=1S/C42H48N6O6S.ClH/c49-41(45-55(52,53)35-11-12-38(40(26-35)48(50)51)44-29-30-15-24-54-25-16-30)32-7-9-33(10-8-32)46-22-17-42(18-23-46)27-34(28-42)47-21-3-6-39(47)37-5-2-1-4-36(37)31-13-19-43-20-14-31;/h1-2,4-5,7-14,19-20,26,30,34,39,44H,3,6,15-18,21-25,27-29H2,(H,45,49);1H/t39-;/m0./s1. The average Bonchev–Trinajstić information content (AvgIpc) is 3.69. The lowest BCUT2D eigenvalue weighted by atomic mass is 9.59. The van der Waals surface area contributed by atoms with Crippen molar-refractivity contribution in [3.05, 3.63) is 112 Å². The van der Waals surface area contributed by atoms with Gasteiger partial charge in [-0.05, 0) is 134 Å². The molecule has 1 aliphatic carbocycles. The number of nitro groups is 1. The predicted octanol–water partition coefficient (Wildman–Crippen LogP) is 7.62. The third kappa shape index (κ3) is 8.41. The van der Waals surface area contributed by atoms with Crippen molar-refractivity contribution in [2.45, 2.75) is 68.3 Å². The number of anilines is 2. The summed E-state index contributed by atoms with van der Waals surface area (Å²) in [6.07, 6.45) is 12.5. The molecule has 4 heterocycles. The third-order valence-electron chi connectivity index (χ3n) is 12.4. The van der Waals surface area contributed by atoms with E-state index in [0.717, 1.165) is 57.1 Å². The van der Waals surface area contributed by atoms with E-state index in [1.165, 1.54) is 54.5 Å². The highest BCUT2D eigenvalue weighted by Gasteiger charge is 2.50. The molecule has 12 nitrogen and oxygen atoms in total. The molecule has 56 heavy (non-hydrogen) atoms. The summed E-state index contributed by atoms with van der Waals surface area (Å²) in [4.78, 5) is 33.3. The van der Waals surface area contributed by atoms with Gasteiger partial charge in [0.25, 0.3) is 21.6 Å². The number of carbonyl (C=O) groups excluding carboxylic acids is 1. The zero-order chi connectivity index (χ0) is 38.0. The number of nitro benzene ring substituents is 1. The largest absolute Gasteiger partial charge is 0.381 e. The molecule has 0 bridgehead atoms. The minimum atomic E-state index is -4.37. The van der Waals surface area contributed by atoms with E-state index in [9.17, 15) is 23.3 Å². The van der Waals surface area contributed by atoms with Gasteiger partial charge in [-0.15, -0.1) is 12.4 Å². The predicted molar refractivity (Wildman–Crippen MR) is 219 cm³/mol. The van der Waals surface area contributed by atoms with Crippen LogP contribution < -0.4 is 14.9 Å². The maximum absolute atomic E-state index is 13.2. The monoisotopic (exact) mass is 800 g/mol. The molecule has 8 rings (SSSR count). The van der Waals surface area contributed by atoms with E-state index in [0.29, 0.717) is 43.2 Å². The minimum absolute atomic E-state index is 0. The van der Waals surface area contributed by atoms with Crippen LogP contribution in [-0.4, -0.2) is 74.6 Å². The van der Waals surface area contributed by atoms with Gasteiger partial charge < -0.3 is 15.0 Å². The van der Waals surface area contributed by atoms with Crippen LogP contribution in [0.1, 0.15) is 73.3 Å². The van der Waals surface area contributed by atoms with Crippen molar-refractivity contribution < 1.29 is 22.9 Å². The fourth-order valence-electron chi connectivity index (χ4n) is 9.21. The summed E-state index contributed by atoms with van der Waals surface area (Å²) < 4.78 is 33.8. The number of sulfonamides is 1. The van der Waals surface area contributed by atoms with Crippen LogP contribution in [0.2, 0.25) is 0 Å². The fourth-order valence-corrected chi connectivity index (χ4v) is 10.2. The van der Waals surface area contributed by atoms with Gasteiger partial charge in [0.2, 0.25) is 0 Å². The lowest BCUT2D eigenvalue weighted by Crippen LogP contribution is -2.54. The number of ether oxygens (including phenoxy) is 1. The fraction of sp³-hybridized carbons (Fsp3) is 0.429. The Labute approximate surface area is 334 Å². The van der Waals surface area contributed by atoms with Gasteiger partial charge in [0.05, 0.1) is 9.82 Å². The Bertz CT molecular complexity index is 2120. The van der Waals surface area contributed by atoms with E-state index in [2.05, 4.69) is 61.2 Å². The summed E-state index contributed by atoms with van der Waals surface area (Å²) >= 11 is 0. The number of nitrogens with zero attached hydrogens (tertiary/aromatic N) is 4. The molecule has 1 atom stereocenters. The number of likely N-dealkylation sites (tertiary alicyclic amines) is 1. The summed E-state index contributed by atoms with van der Waals surface area (Å²) in [7, 11) is -4.37. The van der Waals surface area contributed by atoms with Crippen molar-refractivity contribution in [3.8, 4) is 11.1 Å². The number of carbonyl (C=O) groups is 1. The highest BCUT2D eigenvalue weighted by Crippen LogP contribution is 2.54.